The molecule has 5 nitrogen and oxygen atoms in total. The number of anilines is 1. The topological polar surface area (TPSA) is 66.5 Å². The monoisotopic (exact) mass is 328 g/mol. The number of halogens is 1. The molecule has 2 aliphatic carbocycles. The normalized spacial score (nSPS) is 30.2. The van der Waals surface area contributed by atoms with Crippen LogP contribution in [0.2, 0.25) is 0 Å². The maximum atomic E-state index is 13.5. The zero-order valence-electron chi connectivity index (χ0n) is 13.2. The van der Waals surface area contributed by atoms with Gasteiger partial charge in [-0.25, -0.2) is 4.39 Å². The summed E-state index contributed by atoms with van der Waals surface area (Å²) in [5, 5.41) is 2.54. The van der Waals surface area contributed by atoms with E-state index in [2.05, 4.69) is 5.32 Å². The molecule has 4 rings (SSSR count). The molecule has 1 aromatic rings. The fourth-order valence-electron chi connectivity index (χ4n) is 4.13. The lowest BCUT2D eigenvalue weighted by atomic mass is 9.85. The summed E-state index contributed by atoms with van der Waals surface area (Å²) in [7, 11) is 0. The van der Waals surface area contributed by atoms with Gasteiger partial charge in [0.25, 0.3) is 0 Å². The molecule has 0 aromatic heterocycles. The highest BCUT2D eigenvalue weighted by Crippen LogP contribution is 2.52. The van der Waals surface area contributed by atoms with Crippen LogP contribution in [-0.4, -0.2) is 29.2 Å². The lowest BCUT2D eigenvalue weighted by Crippen LogP contribution is -2.39. The number of rotatable bonds is 3. The van der Waals surface area contributed by atoms with Crippen molar-refractivity contribution in [1.29, 1.82) is 0 Å². The second-order valence-corrected chi connectivity index (χ2v) is 6.77. The van der Waals surface area contributed by atoms with Crippen molar-refractivity contribution in [2.75, 3.05) is 11.9 Å². The van der Waals surface area contributed by atoms with Gasteiger partial charge >= 0.3 is 0 Å². The first-order valence-corrected chi connectivity index (χ1v) is 8.05. The second kappa shape index (κ2) is 5.26. The highest BCUT2D eigenvalue weighted by Gasteiger charge is 2.59. The lowest BCUT2D eigenvalue weighted by molar-refractivity contribution is -0.143. The Labute approximate surface area is 138 Å². The molecule has 124 valence electrons. The smallest absolute Gasteiger partial charge is 0.244 e. The summed E-state index contributed by atoms with van der Waals surface area (Å²) in [4.78, 5) is 38.2. The number of allylic oxidation sites excluding steroid dienone is 2. The van der Waals surface area contributed by atoms with Gasteiger partial charge in [0, 0.05) is 5.69 Å². The molecular weight excluding hydrogens is 311 g/mol. The molecule has 1 saturated carbocycles. The number of likely N-dealkylation sites (tertiary alicyclic amines) is 1. The molecule has 0 unspecified atom stereocenters. The predicted molar refractivity (Wildman–Crippen MR) is 84.2 cm³/mol. The first-order valence-electron chi connectivity index (χ1n) is 8.05. The summed E-state index contributed by atoms with van der Waals surface area (Å²) < 4.78 is 13.5. The Balaban J connectivity index is 1.46. The molecule has 0 spiro atoms. The van der Waals surface area contributed by atoms with E-state index < -0.39 is 11.7 Å². The van der Waals surface area contributed by atoms with Crippen molar-refractivity contribution in [1.82, 2.24) is 4.90 Å². The minimum Gasteiger partial charge on any atom is -0.324 e. The Morgan fingerprint density at radius 2 is 1.83 bits per heavy atom. The van der Waals surface area contributed by atoms with Gasteiger partial charge in [-0.2, -0.15) is 0 Å². The van der Waals surface area contributed by atoms with Gasteiger partial charge in [-0.05, 0) is 42.9 Å². The Morgan fingerprint density at radius 1 is 1.21 bits per heavy atom. The third-order valence-corrected chi connectivity index (χ3v) is 5.32. The Hall–Kier alpha value is -2.50. The second-order valence-electron chi connectivity index (χ2n) is 6.77. The minimum atomic E-state index is -0.500. The summed E-state index contributed by atoms with van der Waals surface area (Å²) in [6.45, 7) is 1.31. The molecule has 3 aliphatic rings. The third-order valence-electron chi connectivity index (χ3n) is 5.32. The van der Waals surface area contributed by atoms with Crippen molar-refractivity contribution in [2.24, 2.45) is 23.7 Å². The number of amides is 3. The fourth-order valence-corrected chi connectivity index (χ4v) is 4.13. The van der Waals surface area contributed by atoms with Crippen molar-refractivity contribution >= 4 is 23.4 Å². The fraction of sp³-hybridized carbons (Fsp3) is 0.389. The number of carbonyl (C=O) groups excluding carboxylic acids is 3. The van der Waals surface area contributed by atoms with E-state index in [1.165, 1.54) is 6.07 Å². The van der Waals surface area contributed by atoms with Crippen LogP contribution in [0.25, 0.3) is 0 Å². The van der Waals surface area contributed by atoms with Crippen LogP contribution in [-0.2, 0) is 14.4 Å². The maximum absolute atomic E-state index is 13.5. The number of nitrogens with one attached hydrogen (secondary N) is 1. The molecule has 3 amide bonds. The zero-order valence-corrected chi connectivity index (χ0v) is 13.2. The van der Waals surface area contributed by atoms with Gasteiger partial charge in [-0.15, -0.1) is 0 Å². The number of benzene rings is 1. The molecule has 4 atom stereocenters. The molecule has 1 heterocycles. The van der Waals surface area contributed by atoms with Crippen LogP contribution in [0.4, 0.5) is 10.1 Å². The van der Waals surface area contributed by atoms with Gasteiger partial charge in [0.05, 0.1) is 11.8 Å². The SMILES string of the molecule is Cc1ccc(NC(=O)CN2C(=O)[C@H]3[C@H](C2=O)[C@H]2C=C[C@H]3C2)cc1F. The van der Waals surface area contributed by atoms with Gasteiger partial charge < -0.3 is 5.32 Å². The van der Waals surface area contributed by atoms with Crippen molar-refractivity contribution in [2.45, 2.75) is 13.3 Å². The zero-order chi connectivity index (χ0) is 17.0. The van der Waals surface area contributed by atoms with Crippen LogP contribution in [0.1, 0.15) is 12.0 Å². The number of nitrogens with zero attached hydrogens (tertiary/aromatic N) is 1. The highest BCUT2D eigenvalue weighted by molar-refractivity contribution is 6.09. The lowest BCUT2D eigenvalue weighted by Gasteiger charge is -2.17. The first kappa shape index (κ1) is 15.1. The highest BCUT2D eigenvalue weighted by atomic mass is 19.1. The van der Waals surface area contributed by atoms with E-state index in [4.69, 9.17) is 0 Å². The first-order chi connectivity index (χ1) is 11.5. The van der Waals surface area contributed by atoms with Crippen molar-refractivity contribution < 1.29 is 18.8 Å². The van der Waals surface area contributed by atoms with E-state index >= 15 is 0 Å². The van der Waals surface area contributed by atoms with Crippen LogP contribution in [0.5, 0.6) is 0 Å². The standard InChI is InChI=1S/C18H17FN2O3/c1-9-2-5-12(7-13(9)19)20-14(22)8-21-17(23)15-10-3-4-11(6-10)16(15)18(21)24/h2-5,7,10-11,15-16H,6,8H2,1H3,(H,20,22)/t10-,11-,15+,16+/m0/s1. The van der Waals surface area contributed by atoms with Crippen LogP contribution in [0, 0.1) is 36.4 Å². The van der Waals surface area contributed by atoms with Crippen molar-refractivity contribution in [3.8, 4) is 0 Å². The van der Waals surface area contributed by atoms with Gasteiger partial charge in [0.1, 0.15) is 12.4 Å². The van der Waals surface area contributed by atoms with Crippen LogP contribution < -0.4 is 5.32 Å². The Bertz CT molecular complexity index is 758. The van der Waals surface area contributed by atoms with Crippen LogP contribution in [0.3, 0.4) is 0 Å². The van der Waals surface area contributed by atoms with E-state index in [1.54, 1.807) is 19.1 Å². The van der Waals surface area contributed by atoms with E-state index in [-0.39, 0.29) is 42.0 Å². The largest absolute Gasteiger partial charge is 0.324 e. The quantitative estimate of drug-likeness (QED) is 0.680. The average molecular weight is 328 g/mol. The number of carbonyl (C=O) groups is 3. The number of hydrogen-bond acceptors (Lipinski definition) is 3. The van der Waals surface area contributed by atoms with E-state index in [0.29, 0.717) is 11.3 Å². The number of hydrogen-bond donors (Lipinski definition) is 1. The van der Waals surface area contributed by atoms with Crippen molar-refractivity contribution in [3.05, 3.63) is 41.7 Å². The number of fused-ring (bicyclic) bond motifs is 5. The molecule has 24 heavy (non-hydrogen) atoms. The van der Waals surface area contributed by atoms with Crippen LogP contribution in [0.15, 0.2) is 30.4 Å². The van der Waals surface area contributed by atoms with E-state index in [0.717, 1.165) is 11.3 Å². The molecule has 6 heteroatoms. The molecule has 2 fully saturated rings. The summed E-state index contributed by atoms with van der Waals surface area (Å²) in [5.74, 6) is -1.81. The number of imide groups is 1. The Kier molecular flexibility index (Phi) is 3.30. The molecule has 1 aromatic carbocycles. The number of aryl methyl sites for hydroxylation is 1. The van der Waals surface area contributed by atoms with Crippen molar-refractivity contribution in [3.63, 3.8) is 0 Å². The van der Waals surface area contributed by atoms with Gasteiger partial charge in [-0.1, -0.05) is 18.2 Å². The molecule has 1 N–H and O–H groups in total. The third kappa shape index (κ3) is 2.17. The molecule has 0 radical (unpaired) electrons. The van der Waals surface area contributed by atoms with E-state index in [1.807, 2.05) is 12.2 Å². The summed E-state index contributed by atoms with van der Waals surface area (Å²) in [6.07, 6.45) is 4.88. The average Bonchev–Trinajstić information content (AvgIpc) is 3.21. The maximum Gasteiger partial charge on any atom is 0.244 e. The Morgan fingerprint density at radius 3 is 2.42 bits per heavy atom. The van der Waals surface area contributed by atoms with E-state index in [9.17, 15) is 18.8 Å². The molecule has 1 saturated heterocycles. The summed E-state index contributed by atoms with van der Waals surface area (Å²) in [5.41, 5.74) is 0.790. The van der Waals surface area contributed by atoms with Gasteiger partial charge in [0.15, 0.2) is 0 Å². The van der Waals surface area contributed by atoms with Gasteiger partial charge in [0.2, 0.25) is 17.7 Å². The summed E-state index contributed by atoms with van der Waals surface area (Å²) in [6, 6.07) is 4.37. The molecule has 2 bridgehead atoms. The summed E-state index contributed by atoms with van der Waals surface area (Å²) >= 11 is 0. The molecule has 1 aliphatic heterocycles. The minimum absolute atomic E-state index is 0.121. The van der Waals surface area contributed by atoms with Crippen LogP contribution >= 0.6 is 0 Å². The van der Waals surface area contributed by atoms with Gasteiger partial charge in [-0.3, -0.25) is 19.3 Å². The predicted octanol–water partition coefficient (Wildman–Crippen LogP) is 1.88. The molecular formula is C18H17FN2O3.